The maximum Gasteiger partial charge on any atom is 0.211 e. The molecule has 4 aliphatic heterocycles. The lowest BCUT2D eigenvalue weighted by Crippen LogP contribution is -2.91. The third-order valence-corrected chi connectivity index (χ3v) is 9.14. The quantitative estimate of drug-likeness (QED) is 0.550. The topological polar surface area (TPSA) is 96.2 Å². The zero-order chi connectivity index (χ0) is 18.4. The molecule has 0 radical (unpaired) electrons. The number of Topliss-reactive ketones (excluding diaryl/α,β-unsaturated/α-hetero) is 1. The summed E-state index contributed by atoms with van der Waals surface area (Å²) in [5, 5.41) is 34.3. The van der Waals surface area contributed by atoms with Gasteiger partial charge in [0.1, 0.15) is 11.5 Å². The standard InChI is InChI=1S/C20H26O6/c1-8-9-4-5-10-18-11(21)6-7-17(2,3)12(18)14(23)20(24)19(10,13(8)22)15(9)25-16(18)26-20/h9-12,14-16,21,23-24H,1,4-7H2,2-3H3/t9-,10-,11-,12+,14-,15-,16-,18-,19-,20+/m0/s1. The van der Waals surface area contributed by atoms with Crippen molar-refractivity contribution in [3.63, 3.8) is 0 Å². The average molecular weight is 362 g/mol. The van der Waals surface area contributed by atoms with Crippen molar-refractivity contribution in [2.24, 2.45) is 34.0 Å². The van der Waals surface area contributed by atoms with Crippen molar-refractivity contribution in [2.45, 2.75) is 69.9 Å². The van der Waals surface area contributed by atoms with E-state index in [0.717, 1.165) is 12.8 Å². The summed E-state index contributed by atoms with van der Waals surface area (Å²) in [5.74, 6) is -2.99. The lowest BCUT2D eigenvalue weighted by Gasteiger charge is -2.79. The first kappa shape index (κ1) is 16.2. The lowest BCUT2D eigenvalue weighted by atomic mass is 9.34. The van der Waals surface area contributed by atoms with Crippen LogP contribution in [0.25, 0.3) is 0 Å². The molecule has 10 atom stereocenters. The zero-order valence-corrected chi connectivity index (χ0v) is 15.1. The van der Waals surface area contributed by atoms with Gasteiger partial charge in [0.2, 0.25) is 5.79 Å². The van der Waals surface area contributed by atoms with Crippen molar-refractivity contribution in [3.8, 4) is 0 Å². The van der Waals surface area contributed by atoms with E-state index in [1.807, 2.05) is 0 Å². The van der Waals surface area contributed by atoms with Crippen LogP contribution in [0.3, 0.4) is 0 Å². The van der Waals surface area contributed by atoms with Crippen LogP contribution in [0.5, 0.6) is 0 Å². The summed E-state index contributed by atoms with van der Waals surface area (Å²) >= 11 is 0. The highest BCUT2D eigenvalue weighted by atomic mass is 16.8. The van der Waals surface area contributed by atoms with E-state index < -0.39 is 47.1 Å². The number of ketones is 1. The van der Waals surface area contributed by atoms with Gasteiger partial charge in [-0.05, 0) is 42.6 Å². The summed E-state index contributed by atoms with van der Waals surface area (Å²) in [7, 11) is 0. The second kappa shape index (κ2) is 4.13. The summed E-state index contributed by atoms with van der Waals surface area (Å²) < 4.78 is 12.3. The van der Waals surface area contributed by atoms with Gasteiger partial charge in [-0.15, -0.1) is 0 Å². The minimum Gasteiger partial charge on any atom is -0.392 e. The number of hydrogen-bond acceptors (Lipinski definition) is 6. The Morgan fingerprint density at radius 3 is 2.65 bits per heavy atom. The van der Waals surface area contributed by atoms with E-state index >= 15 is 0 Å². The molecule has 8 rings (SSSR count). The molecule has 6 nitrogen and oxygen atoms in total. The molecule has 142 valence electrons. The van der Waals surface area contributed by atoms with Crippen LogP contribution >= 0.6 is 0 Å². The Hall–Kier alpha value is -0.790. The van der Waals surface area contributed by atoms with Gasteiger partial charge in [-0.25, -0.2) is 0 Å². The molecule has 0 aromatic rings. The fraction of sp³-hybridized carbons (Fsp3) is 0.850. The van der Waals surface area contributed by atoms with Gasteiger partial charge in [0.25, 0.3) is 0 Å². The number of carbonyl (C=O) groups excluding carboxylic acids is 1. The van der Waals surface area contributed by atoms with Gasteiger partial charge in [0, 0.05) is 11.8 Å². The lowest BCUT2D eigenvalue weighted by molar-refractivity contribution is -0.556. The Morgan fingerprint density at radius 1 is 1.19 bits per heavy atom. The van der Waals surface area contributed by atoms with Gasteiger partial charge >= 0.3 is 0 Å². The normalized spacial score (nSPS) is 64.0. The Kier molecular flexibility index (Phi) is 2.57. The van der Waals surface area contributed by atoms with Crippen molar-refractivity contribution in [1.29, 1.82) is 0 Å². The molecule has 4 saturated carbocycles. The van der Waals surface area contributed by atoms with E-state index in [0.29, 0.717) is 18.4 Å². The van der Waals surface area contributed by atoms with E-state index in [-0.39, 0.29) is 23.0 Å². The molecule has 2 spiro atoms. The number of rotatable bonds is 0. The molecule has 4 saturated heterocycles. The van der Waals surface area contributed by atoms with Gasteiger partial charge in [0.15, 0.2) is 12.1 Å². The number of carbonyl (C=O) groups is 1. The van der Waals surface area contributed by atoms with E-state index in [1.54, 1.807) is 0 Å². The molecular weight excluding hydrogens is 336 g/mol. The summed E-state index contributed by atoms with van der Waals surface area (Å²) in [5.41, 5.74) is -2.03. The minimum atomic E-state index is -1.97. The molecule has 0 aromatic carbocycles. The largest absolute Gasteiger partial charge is 0.392 e. The van der Waals surface area contributed by atoms with Gasteiger partial charge in [-0.2, -0.15) is 0 Å². The number of aliphatic hydroxyl groups is 3. The van der Waals surface area contributed by atoms with Crippen LogP contribution in [-0.2, 0) is 14.3 Å². The van der Waals surface area contributed by atoms with Crippen LogP contribution in [0.2, 0.25) is 0 Å². The highest BCUT2D eigenvalue weighted by molar-refractivity contribution is 6.05. The minimum absolute atomic E-state index is 0.133. The van der Waals surface area contributed by atoms with Crippen molar-refractivity contribution in [1.82, 2.24) is 0 Å². The number of ether oxygens (including phenoxy) is 2. The van der Waals surface area contributed by atoms with Gasteiger partial charge < -0.3 is 24.8 Å². The monoisotopic (exact) mass is 362 g/mol. The molecule has 4 heterocycles. The molecule has 0 unspecified atom stereocenters. The average Bonchev–Trinajstić information content (AvgIpc) is 2.71. The number of hydrogen-bond donors (Lipinski definition) is 3. The van der Waals surface area contributed by atoms with Crippen LogP contribution < -0.4 is 0 Å². The molecule has 26 heavy (non-hydrogen) atoms. The van der Waals surface area contributed by atoms with Crippen LogP contribution in [-0.4, -0.2) is 51.5 Å². The second-order valence-corrected chi connectivity index (χ2v) is 10.1. The first-order valence-corrected chi connectivity index (χ1v) is 9.80. The third kappa shape index (κ3) is 1.19. The maximum absolute atomic E-state index is 13.4. The maximum atomic E-state index is 13.4. The fourth-order valence-electron chi connectivity index (χ4n) is 8.38. The molecule has 0 aromatic heterocycles. The summed E-state index contributed by atoms with van der Waals surface area (Å²) in [6, 6.07) is 0. The molecule has 7 bridgehead atoms. The second-order valence-electron chi connectivity index (χ2n) is 10.1. The smallest absolute Gasteiger partial charge is 0.211 e. The van der Waals surface area contributed by atoms with Crippen molar-refractivity contribution in [3.05, 3.63) is 12.2 Å². The predicted molar refractivity (Wildman–Crippen MR) is 88.4 cm³/mol. The van der Waals surface area contributed by atoms with Crippen LogP contribution in [0, 0.1) is 34.0 Å². The Balaban J connectivity index is 1.70. The van der Waals surface area contributed by atoms with Crippen LogP contribution in [0.15, 0.2) is 12.2 Å². The first-order chi connectivity index (χ1) is 12.1. The van der Waals surface area contributed by atoms with Crippen molar-refractivity contribution in [2.75, 3.05) is 0 Å². The number of aliphatic hydroxyl groups excluding tert-OH is 2. The van der Waals surface area contributed by atoms with Gasteiger partial charge in [-0.3, -0.25) is 4.79 Å². The SMILES string of the molecule is C=C1C(=O)[C@@]23[C@H]4O[C@H]5O[C@]2(O)[C@@H](O)[C@@H]2C(C)(C)CC[C@H](O)[C@]52[C@@H]3CC[C@@H]14. The molecule has 6 heteroatoms. The van der Waals surface area contributed by atoms with Crippen molar-refractivity contribution >= 4 is 5.78 Å². The summed E-state index contributed by atoms with van der Waals surface area (Å²) in [4.78, 5) is 13.4. The van der Waals surface area contributed by atoms with E-state index in [2.05, 4.69) is 20.4 Å². The molecular formula is C20H26O6. The molecule has 8 fully saturated rings. The van der Waals surface area contributed by atoms with Crippen molar-refractivity contribution < 1.29 is 29.6 Å². The summed E-state index contributed by atoms with van der Waals surface area (Å²) in [6.45, 7) is 8.14. The van der Waals surface area contributed by atoms with Crippen LogP contribution in [0.1, 0.15) is 39.5 Å². The van der Waals surface area contributed by atoms with E-state index in [4.69, 9.17) is 9.47 Å². The molecule has 0 amide bonds. The van der Waals surface area contributed by atoms with E-state index in [9.17, 15) is 20.1 Å². The Morgan fingerprint density at radius 2 is 1.92 bits per heavy atom. The zero-order valence-electron chi connectivity index (χ0n) is 15.1. The fourth-order valence-corrected chi connectivity index (χ4v) is 8.38. The summed E-state index contributed by atoms with van der Waals surface area (Å²) in [6.07, 6.45) is -0.473. The van der Waals surface area contributed by atoms with Gasteiger partial charge in [0.05, 0.1) is 17.6 Å². The first-order valence-electron chi connectivity index (χ1n) is 9.80. The Labute approximate surface area is 152 Å². The molecule has 8 aliphatic rings. The molecule has 3 N–H and O–H groups in total. The Bertz CT molecular complexity index is 761. The third-order valence-electron chi connectivity index (χ3n) is 9.14. The van der Waals surface area contributed by atoms with Gasteiger partial charge in [-0.1, -0.05) is 20.4 Å². The predicted octanol–water partition coefficient (Wildman–Crippen LogP) is 0.740. The van der Waals surface area contributed by atoms with E-state index in [1.165, 1.54) is 0 Å². The van der Waals surface area contributed by atoms with Crippen LogP contribution in [0.4, 0.5) is 0 Å². The molecule has 4 aliphatic carbocycles. The highest BCUT2D eigenvalue weighted by Gasteiger charge is 2.92. The highest BCUT2D eigenvalue weighted by Crippen LogP contribution is 2.81.